The number of amides is 1. The highest BCUT2D eigenvalue weighted by Gasteiger charge is 2.20. The molecule has 25 heavy (non-hydrogen) atoms. The van der Waals surface area contributed by atoms with Crippen LogP contribution in [0.5, 0.6) is 11.5 Å². The van der Waals surface area contributed by atoms with Crippen LogP contribution in [-0.2, 0) is 19.6 Å². The van der Waals surface area contributed by atoms with Gasteiger partial charge in [-0.05, 0) is 18.6 Å². The number of benzene rings is 1. The third kappa shape index (κ3) is 5.79. The molecule has 0 radical (unpaired) electrons. The second kappa shape index (κ2) is 8.91. The summed E-state index contributed by atoms with van der Waals surface area (Å²) in [5, 5.41) is 2.71. The molecule has 1 aromatic carbocycles. The first-order valence-corrected chi connectivity index (χ1v) is 9.89. The first-order chi connectivity index (χ1) is 11.9. The van der Waals surface area contributed by atoms with Crippen LogP contribution in [0.25, 0.3) is 0 Å². The second-order valence-corrected chi connectivity index (χ2v) is 7.52. The predicted molar refractivity (Wildman–Crippen MR) is 93.7 cm³/mol. The van der Waals surface area contributed by atoms with Crippen LogP contribution < -0.4 is 19.1 Å². The van der Waals surface area contributed by atoms with Crippen LogP contribution in [0.3, 0.4) is 0 Å². The number of hydrogen-bond acceptors (Lipinski definition) is 6. The number of hydrogen-bond donors (Lipinski definition) is 1. The van der Waals surface area contributed by atoms with Gasteiger partial charge in [-0.3, -0.25) is 9.10 Å². The minimum absolute atomic E-state index is 0.132. The number of sulfonamides is 1. The smallest absolute Gasteiger partial charge is 0.232 e. The molecule has 1 aliphatic rings. The van der Waals surface area contributed by atoms with E-state index < -0.39 is 10.0 Å². The van der Waals surface area contributed by atoms with E-state index in [4.69, 9.17) is 14.2 Å². The summed E-state index contributed by atoms with van der Waals surface area (Å²) in [6.07, 6.45) is 1.78. The van der Waals surface area contributed by atoms with Crippen molar-refractivity contribution >= 4 is 21.6 Å². The summed E-state index contributed by atoms with van der Waals surface area (Å²) in [5.74, 6) is 0.989. The summed E-state index contributed by atoms with van der Waals surface area (Å²) in [5.41, 5.74) is 0.492. The van der Waals surface area contributed by atoms with Gasteiger partial charge in [0.1, 0.15) is 13.2 Å². The van der Waals surface area contributed by atoms with Gasteiger partial charge in [0.05, 0.1) is 18.6 Å². The molecule has 8 nitrogen and oxygen atoms in total. The van der Waals surface area contributed by atoms with Gasteiger partial charge in [0.25, 0.3) is 0 Å². The molecule has 1 aliphatic heterocycles. The first kappa shape index (κ1) is 19.3. The van der Waals surface area contributed by atoms with E-state index in [9.17, 15) is 13.2 Å². The van der Waals surface area contributed by atoms with E-state index in [-0.39, 0.29) is 18.9 Å². The normalized spacial score (nSPS) is 13.4. The average molecular weight is 372 g/mol. The number of nitrogens with zero attached hydrogens (tertiary/aromatic N) is 1. The largest absolute Gasteiger partial charge is 0.486 e. The van der Waals surface area contributed by atoms with E-state index >= 15 is 0 Å². The molecule has 9 heteroatoms. The molecule has 1 amide bonds. The van der Waals surface area contributed by atoms with Crippen molar-refractivity contribution in [2.45, 2.75) is 12.8 Å². The Morgan fingerprint density at radius 2 is 2.00 bits per heavy atom. The molecule has 0 spiro atoms. The Kier molecular flexibility index (Phi) is 6.89. The lowest BCUT2D eigenvalue weighted by atomic mass is 10.2. The van der Waals surface area contributed by atoms with Gasteiger partial charge in [0.2, 0.25) is 15.9 Å². The SMILES string of the molecule is COCCNC(=O)CCCN(c1ccc2c(c1)OCCO2)S(C)(=O)=O. The molecule has 1 N–H and O–H groups in total. The molecule has 1 heterocycles. The Balaban J connectivity index is 1.99. The van der Waals surface area contributed by atoms with Crippen molar-refractivity contribution in [2.75, 3.05) is 50.6 Å². The highest BCUT2D eigenvalue weighted by atomic mass is 32.2. The topological polar surface area (TPSA) is 94.2 Å². The third-order valence-corrected chi connectivity index (χ3v) is 4.80. The fourth-order valence-corrected chi connectivity index (χ4v) is 3.39. The minimum Gasteiger partial charge on any atom is -0.486 e. The summed E-state index contributed by atoms with van der Waals surface area (Å²) >= 11 is 0. The molecule has 140 valence electrons. The van der Waals surface area contributed by atoms with E-state index in [1.165, 1.54) is 4.31 Å². The van der Waals surface area contributed by atoms with Crippen molar-refractivity contribution in [3.8, 4) is 11.5 Å². The molecule has 0 fully saturated rings. The molecule has 0 unspecified atom stereocenters. The monoisotopic (exact) mass is 372 g/mol. The second-order valence-electron chi connectivity index (χ2n) is 5.61. The highest BCUT2D eigenvalue weighted by Crippen LogP contribution is 2.34. The van der Waals surface area contributed by atoms with E-state index in [1.54, 1.807) is 25.3 Å². The van der Waals surface area contributed by atoms with Crippen LogP contribution in [0.2, 0.25) is 0 Å². The summed E-state index contributed by atoms with van der Waals surface area (Å²) in [4.78, 5) is 11.7. The zero-order chi connectivity index (χ0) is 18.3. The standard InChI is InChI=1S/C16H24N2O6S/c1-22-9-7-17-16(19)4-3-8-18(25(2,20)21)13-5-6-14-15(12-13)24-11-10-23-14/h5-6,12H,3-4,7-11H2,1-2H3,(H,17,19). The number of rotatable bonds is 9. The van der Waals surface area contributed by atoms with Gasteiger partial charge < -0.3 is 19.5 Å². The molecule has 0 atom stereocenters. The highest BCUT2D eigenvalue weighted by molar-refractivity contribution is 7.92. The third-order valence-electron chi connectivity index (χ3n) is 3.61. The van der Waals surface area contributed by atoms with Crippen LogP contribution in [0.1, 0.15) is 12.8 Å². The van der Waals surface area contributed by atoms with Crippen molar-refractivity contribution < 1.29 is 27.4 Å². The molecule has 0 aliphatic carbocycles. The van der Waals surface area contributed by atoms with E-state index in [0.29, 0.717) is 50.0 Å². The maximum Gasteiger partial charge on any atom is 0.232 e. The number of carbonyl (C=O) groups is 1. The van der Waals surface area contributed by atoms with Gasteiger partial charge in [-0.15, -0.1) is 0 Å². The van der Waals surface area contributed by atoms with E-state index in [2.05, 4.69) is 5.32 Å². The van der Waals surface area contributed by atoms with Crippen LogP contribution >= 0.6 is 0 Å². The van der Waals surface area contributed by atoms with Gasteiger partial charge in [-0.1, -0.05) is 0 Å². The Hall–Kier alpha value is -2.00. The molecule has 2 rings (SSSR count). The van der Waals surface area contributed by atoms with Crippen LogP contribution in [0, 0.1) is 0 Å². The molecular weight excluding hydrogens is 348 g/mol. The molecular formula is C16H24N2O6S. The Morgan fingerprint density at radius 3 is 2.68 bits per heavy atom. The summed E-state index contributed by atoms with van der Waals surface area (Å²) in [6.45, 7) is 1.99. The molecule has 0 saturated heterocycles. The maximum absolute atomic E-state index is 12.1. The summed E-state index contributed by atoms with van der Waals surface area (Å²) < 4.78 is 41.3. The van der Waals surface area contributed by atoms with Crippen LogP contribution in [-0.4, -0.2) is 60.6 Å². The maximum atomic E-state index is 12.1. The van der Waals surface area contributed by atoms with Crippen LogP contribution in [0.4, 0.5) is 5.69 Å². The van der Waals surface area contributed by atoms with Crippen molar-refractivity contribution in [1.82, 2.24) is 5.32 Å². The van der Waals surface area contributed by atoms with E-state index in [0.717, 1.165) is 6.26 Å². The van der Waals surface area contributed by atoms with Crippen molar-refractivity contribution in [1.29, 1.82) is 0 Å². The number of ether oxygens (including phenoxy) is 3. The Morgan fingerprint density at radius 1 is 1.28 bits per heavy atom. The van der Waals surface area contributed by atoms with Gasteiger partial charge in [0, 0.05) is 32.7 Å². The number of fused-ring (bicyclic) bond motifs is 1. The zero-order valence-corrected chi connectivity index (χ0v) is 15.3. The number of carbonyl (C=O) groups excluding carboxylic acids is 1. The molecule has 0 saturated carbocycles. The number of methoxy groups -OCH3 is 1. The van der Waals surface area contributed by atoms with E-state index in [1.807, 2.05) is 0 Å². The summed E-state index contributed by atoms with van der Waals surface area (Å²) in [6, 6.07) is 5.01. The van der Waals surface area contributed by atoms with Crippen LogP contribution in [0.15, 0.2) is 18.2 Å². The molecule has 0 bridgehead atoms. The molecule has 1 aromatic rings. The van der Waals surface area contributed by atoms with Gasteiger partial charge in [-0.2, -0.15) is 0 Å². The first-order valence-electron chi connectivity index (χ1n) is 8.05. The fourth-order valence-electron chi connectivity index (χ4n) is 2.44. The minimum atomic E-state index is -3.48. The summed E-state index contributed by atoms with van der Waals surface area (Å²) in [7, 11) is -1.92. The fraction of sp³-hybridized carbons (Fsp3) is 0.562. The Labute approximate surface area is 148 Å². The quantitative estimate of drug-likeness (QED) is 0.644. The van der Waals surface area contributed by atoms with Crippen molar-refractivity contribution in [3.63, 3.8) is 0 Å². The lowest BCUT2D eigenvalue weighted by Crippen LogP contribution is -2.32. The average Bonchev–Trinajstić information content (AvgIpc) is 2.57. The predicted octanol–water partition coefficient (Wildman–Crippen LogP) is 0.767. The van der Waals surface area contributed by atoms with Gasteiger partial charge in [0.15, 0.2) is 11.5 Å². The van der Waals surface area contributed by atoms with Crippen molar-refractivity contribution in [3.05, 3.63) is 18.2 Å². The van der Waals surface area contributed by atoms with Crippen molar-refractivity contribution in [2.24, 2.45) is 0 Å². The van der Waals surface area contributed by atoms with Gasteiger partial charge >= 0.3 is 0 Å². The molecule has 0 aromatic heterocycles. The zero-order valence-electron chi connectivity index (χ0n) is 14.5. The Bertz CT molecular complexity index is 692. The number of nitrogens with one attached hydrogen (secondary N) is 1. The van der Waals surface area contributed by atoms with Gasteiger partial charge in [-0.25, -0.2) is 8.42 Å². The lowest BCUT2D eigenvalue weighted by molar-refractivity contribution is -0.121. The lowest BCUT2D eigenvalue weighted by Gasteiger charge is -2.25. The number of anilines is 1.